The van der Waals surface area contributed by atoms with E-state index in [9.17, 15) is 4.79 Å². The number of piperidine rings is 1. The number of carbonyl (C=O) groups excluding carboxylic acids is 1. The van der Waals surface area contributed by atoms with E-state index < -0.39 is 0 Å². The van der Waals surface area contributed by atoms with Crippen molar-refractivity contribution >= 4 is 5.91 Å². The summed E-state index contributed by atoms with van der Waals surface area (Å²) in [6.45, 7) is 0.496. The van der Waals surface area contributed by atoms with Crippen LogP contribution in [0.2, 0.25) is 0 Å². The van der Waals surface area contributed by atoms with E-state index in [1.54, 1.807) is 0 Å². The van der Waals surface area contributed by atoms with E-state index in [-0.39, 0.29) is 12.5 Å². The number of nitriles is 1. The van der Waals surface area contributed by atoms with Gasteiger partial charge < -0.3 is 10.6 Å². The number of fused-ring (bicyclic) bond motifs is 2. The van der Waals surface area contributed by atoms with Gasteiger partial charge in [0.1, 0.15) is 6.54 Å². The first-order valence-electron chi connectivity index (χ1n) is 6.29. The molecule has 2 N–H and O–H groups in total. The van der Waals surface area contributed by atoms with E-state index in [1.807, 2.05) is 13.1 Å². The van der Waals surface area contributed by atoms with Gasteiger partial charge in [-0.1, -0.05) is 0 Å². The highest BCUT2D eigenvalue weighted by Gasteiger charge is 2.35. The zero-order chi connectivity index (χ0) is 12.3. The molecular formula is C12H20N4O. The van der Waals surface area contributed by atoms with Crippen LogP contribution < -0.4 is 10.6 Å². The summed E-state index contributed by atoms with van der Waals surface area (Å²) >= 11 is 0. The van der Waals surface area contributed by atoms with Crippen LogP contribution in [0.25, 0.3) is 0 Å². The van der Waals surface area contributed by atoms with Crippen molar-refractivity contribution in [3.63, 3.8) is 0 Å². The molecule has 17 heavy (non-hydrogen) atoms. The Morgan fingerprint density at radius 2 is 2.12 bits per heavy atom. The summed E-state index contributed by atoms with van der Waals surface area (Å²) < 4.78 is 0. The molecule has 0 radical (unpaired) electrons. The molecule has 2 rings (SSSR count). The molecule has 2 fully saturated rings. The average Bonchev–Trinajstić information content (AvgIpc) is 2.65. The third kappa shape index (κ3) is 3.18. The van der Waals surface area contributed by atoms with Gasteiger partial charge >= 0.3 is 0 Å². The van der Waals surface area contributed by atoms with Crippen LogP contribution in [0.4, 0.5) is 0 Å². The second-order valence-corrected chi connectivity index (χ2v) is 5.11. The summed E-state index contributed by atoms with van der Waals surface area (Å²) in [5.74, 6) is -0.0556. The minimum absolute atomic E-state index is 0.0556. The number of hydrogen-bond donors (Lipinski definition) is 2. The van der Waals surface area contributed by atoms with E-state index in [2.05, 4.69) is 15.5 Å². The molecule has 94 valence electrons. The lowest BCUT2D eigenvalue weighted by Crippen LogP contribution is -2.49. The standard InChI is InChI=1S/C12H20N4O/c1-16(8-12(17)14-5-4-13)11-6-9-2-3-10(7-11)15-9/h9-11,15H,2-3,5-8H2,1H3,(H,14,17). The van der Waals surface area contributed by atoms with Crippen LogP contribution in [-0.2, 0) is 4.79 Å². The van der Waals surface area contributed by atoms with Gasteiger partial charge in [-0.3, -0.25) is 9.69 Å². The fourth-order valence-electron chi connectivity index (χ4n) is 2.94. The predicted octanol–water partition coefficient (Wildman–Crippen LogP) is -0.159. The monoisotopic (exact) mass is 236 g/mol. The number of likely N-dealkylation sites (N-methyl/N-ethyl adjacent to an activating group) is 1. The molecule has 2 aliphatic rings. The van der Waals surface area contributed by atoms with Crippen LogP contribution >= 0.6 is 0 Å². The molecule has 0 aromatic rings. The molecule has 0 aliphatic carbocycles. The Morgan fingerprint density at radius 1 is 1.47 bits per heavy atom. The third-order valence-corrected chi connectivity index (χ3v) is 3.83. The molecule has 2 aliphatic heterocycles. The van der Waals surface area contributed by atoms with Crippen molar-refractivity contribution in [1.82, 2.24) is 15.5 Å². The summed E-state index contributed by atoms with van der Waals surface area (Å²) in [4.78, 5) is 13.6. The van der Waals surface area contributed by atoms with Crippen LogP contribution in [0, 0.1) is 11.3 Å². The Bertz CT molecular complexity index is 313. The highest BCUT2D eigenvalue weighted by atomic mass is 16.2. The summed E-state index contributed by atoms with van der Waals surface area (Å²) in [5.41, 5.74) is 0. The van der Waals surface area contributed by atoms with Crippen molar-refractivity contribution in [2.45, 2.75) is 43.8 Å². The second-order valence-electron chi connectivity index (χ2n) is 5.11. The topological polar surface area (TPSA) is 68.2 Å². The summed E-state index contributed by atoms with van der Waals surface area (Å²) in [7, 11) is 2.00. The van der Waals surface area contributed by atoms with Crippen molar-refractivity contribution in [1.29, 1.82) is 5.26 Å². The molecule has 2 heterocycles. The molecule has 0 saturated carbocycles. The number of nitrogens with zero attached hydrogens (tertiary/aromatic N) is 2. The Balaban J connectivity index is 1.78. The largest absolute Gasteiger partial charge is 0.342 e. The van der Waals surface area contributed by atoms with Gasteiger partial charge in [0.05, 0.1) is 12.6 Å². The molecule has 0 aromatic heterocycles. The fourth-order valence-corrected chi connectivity index (χ4v) is 2.94. The van der Waals surface area contributed by atoms with Gasteiger partial charge in [-0.25, -0.2) is 0 Å². The Kier molecular flexibility index (Phi) is 3.97. The lowest BCUT2D eigenvalue weighted by Gasteiger charge is -2.35. The maximum absolute atomic E-state index is 11.5. The predicted molar refractivity (Wildman–Crippen MR) is 64.2 cm³/mol. The van der Waals surface area contributed by atoms with Gasteiger partial charge in [0, 0.05) is 18.1 Å². The average molecular weight is 236 g/mol. The Hall–Kier alpha value is -1.12. The molecule has 2 unspecified atom stereocenters. The number of amides is 1. The zero-order valence-corrected chi connectivity index (χ0v) is 10.3. The second kappa shape index (κ2) is 5.48. The van der Waals surface area contributed by atoms with Gasteiger partial charge in [-0.05, 0) is 32.7 Å². The number of hydrogen-bond acceptors (Lipinski definition) is 4. The fraction of sp³-hybridized carbons (Fsp3) is 0.833. The number of nitrogens with one attached hydrogen (secondary N) is 2. The van der Waals surface area contributed by atoms with Gasteiger partial charge in [0.2, 0.25) is 5.91 Å². The SMILES string of the molecule is CN(CC(=O)NCC#N)C1CC2CCC(C1)N2. The van der Waals surface area contributed by atoms with E-state index in [0.29, 0.717) is 24.7 Å². The van der Waals surface area contributed by atoms with Crippen molar-refractivity contribution in [3.05, 3.63) is 0 Å². The van der Waals surface area contributed by atoms with Crippen molar-refractivity contribution < 1.29 is 4.79 Å². The van der Waals surface area contributed by atoms with Gasteiger partial charge in [-0.2, -0.15) is 5.26 Å². The minimum atomic E-state index is -0.0556. The minimum Gasteiger partial charge on any atom is -0.342 e. The molecule has 2 saturated heterocycles. The third-order valence-electron chi connectivity index (χ3n) is 3.83. The summed E-state index contributed by atoms with van der Waals surface area (Å²) in [5, 5.41) is 14.6. The van der Waals surface area contributed by atoms with Crippen LogP contribution in [0.5, 0.6) is 0 Å². The molecule has 1 amide bonds. The lowest BCUT2D eigenvalue weighted by molar-refractivity contribution is -0.122. The Labute approximate surface area is 102 Å². The Morgan fingerprint density at radius 3 is 2.71 bits per heavy atom. The van der Waals surface area contributed by atoms with Crippen LogP contribution in [-0.4, -0.2) is 49.1 Å². The molecule has 5 heteroatoms. The van der Waals surface area contributed by atoms with E-state index in [0.717, 1.165) is 12.8 Å². The molecular weight excluding hydrogens is 216 g/mol. The highest BCUT2D eigenvalue weighted by molar-refractivity contribution is 5.78. The lowest BCUT2D eigenvalue weighted by atomic mass is 9.98. The first kappa shape index (κ1) is 12.3. The zero-order valence-electron chi connectivity index (χ0n) is 10.3. The normalized spacial score (nSPS) is 31.2. The maximum Gasteiger partial charge on any atom is 0.235 e. The van der Waals surface area contributed by atoms with Crippen LogP contribution in [0.1, 0.15) is 25.7 Å². The summed E-state index contributed by atoms with van der Waals surface area (Å²) in [6.07, 6.45) is 4.82. The van der Waals surface area contributed by atoms with Crippen LogP contribution in [0.3, 0.4) is 0 Å². The highest BCUT2D eigenvalue weighted by Crippen LogP contribution is 2.28. The number of rotatable bonds is 4. The molecule has 2 atom stereocenters. The first-order chi connectivity index (χ1) is 8.19. The van der Waals surface area contributed by atoms with Crippen molar-refractivity contribution in [3.8, 4) is 6.07 Å². The smallest absolute Gasteiger partial charge is 0.235 e. The van der Waals surface area contributed by atoms with E-state index >= 15 is 0 Å². The maximum atomic E-state index is 11.5. The molecule has 0 spiro atoms. The first-order valence-corrected chi connectivity index (χ1v) is 6.29. The summed E-state index contributed by atoms with van der Waals surface area (Å²) in [6, 6.07) is 3.70. The van der Waals surface area contributed by atoms with Gasteiger partial charge in [0.15, 0.2) is 0 Å². The van der Waals surface area contributed by atoms with Crippen LogP contribution in [0.15, 0.2) is 0 Å². The van der Waals surface area contributed by atoms with Crippen molar-refractivity contribution in [2.24, 2.45) is 0 Å². The van der Waals surface area contributed by atoms with E-state index in [4.69, 9.17) is 5.26 Å². The molecule has 2 bridgehead atoms. The van der Waals surface area contributed by atoms with Crippen molar-refractivity contribution in [2.75, 3.05) is 20.1 Å². The van der Waals surface area contributed by atoms with E-state index in [1.165, 1.54) is 12.8 Å². The quantitative estimate of drug-likeness (QED) is 0.666. The number of carbonyl (C=O) groups is 1. The molecule has 5 nitrogen and oxygen atoms in total. The van der Waals surface area contributed by atoms with Gasteiger partial charge in [-0.15, -0.1) is 0 Å². The van der Waals surface area contributed by atoms with Gasteiger partial charge in [0.25, 0.3) is 0 Å². The molecule has 0 aromatic carbocycles.